The van der Waals surface area contributed by atoms with Crippen LogP contribution in [0.2, 0.25) is 5.02 Å². The summed E-state index contributed by atoms with van der Waals surface area (Å²) >= 11 is 12.6. The van der Waals surface area contributed by atoms with E-state index in [-0.39, 0.29) is 22.1 Å². The first kappa shape index (κ1) is 20.3. The van der Waals surface area contributed by atoms with Crippen molar-refractivity contribution < 1.29 is 23.8 Å². The fraction of sp³-hybridized carbons (Fsp3) is 0.182. The fourth-order valence-corrected chi connectivity index (χ4v) is 3.90. The summed E-state index contributed by atoms with van der Waals surface area (Å²) in [5, 5.41) is 0.548. The third-order valence-electron chi connectivity index (χ3n) is 4.88. The van der Waals surface area contributed by atoms with Crippen molar-refractivity contribution in [1.82, 2.24) is 0 Å². The van der Waals surface area contributed by atoms with Crippen molar-refractivity contribution in [1.29, 1.82) is 0 Å². The van der Waals surface area contributed by atoms with Crippen LogP contribution in [0.3, 0.4) is 0 Å². The second-order valence-electron chi connectivity index (χ2n) is 6.57. The summed E-state index contributed by atoms with van der Waals surface area (Å²) in [6, 6.07) is 13.1. The Bertz CT molecular complexity index is 1040. The Morgan fingerprint density at radius 3 is 2.23 bits per heavy atom. The van der Waals surface area contributed by atoms with E-state index in [0.29, 0.717) is 41.5 Å². The number of anilines is 1. The number of methoxy groups -OCH3 is 1. The van der Waals surface area contributed by atoms with Gasteiger partial charge in [-0.1, -0.05) is 35.3 Å². The summed E-state index contributed by atoms with van der Waals surface area (Å²) in [4.78, 5) is 27.2. The second-order valence-corrected chi connectivity index (χ2v) is 7.39. The van der Waals surface area contributed by atoms with Gasteiger partial charge in [-0.15, -0.1) is 0 Å². The third kappa shape index (κ3) is 3.53. The van der Waals surface area contributed by atoms with Crippen molar-refractivity contribution in [3.05, 3.63) is 81.2 Å². The number of rotatable bonds is 4. The summed E-state index contributed by atoms with van der Waals surface area (Å²) in [5.41, 5.74) is 1.48. The molecule has 30 heavy (non-hydrogen) atoms. The topological polar surface area (TPSA) is 65.1 Å². The molecule has 2 aromatic rings. The highest BCUT2D eigenvalue weighted by molar-refractivity contribution is 6.39. The van der Waals surface area contributed by atoms with E-state index in [2.05, 4.69) is 0 Å². The number of halogens is 2. The molecule has 0 spiro atoms. The molecule has 0 N–H and O–H groups in total. The van der Waals surface area contributed by atoms with Crippen LogP contribution in [-0.4, -0.2) is 32.5 Å². The van der Waals surface area contributed by atoms with Gasteiger partial charge in [-0.2, -0.15) is 0 Å². The Hall–Kier alpha value is -2.96. The number of amides is 1. The molecule has 1 saturated heterocycles. The lowest BCUT2D eigenvalue weighted by molar-refractivity contribution is -0.116. The van der Waals surface area contributed by atoms with Gasteiger partial charge in [0, 0.05) is 16.3 Å². The molecule has 2 aromatic carbocycles. The lowest BCUT2D eigenvalue weighted by Gasteiger charge is -2.37. The minimum Gasteiger partial charge on any atom is -0.497 e. The molecule has 1 amide bonds. The SMILES string of the molecule is COc1ccc(N2C(=O)C(=C3OCCO3)C(Cl)=C(C=O)C2c2ccc(Cl)cc2)cc1. The number of ether oxygens (including phenoxy) is 3. The van der Waals surface area contributed by atoms with Gasteiger partial charge in [0.25, 0.3) is 11.9 Å². The third-order valence-corrected chi connectivity index (χ3v) is 5.53. The van der Waals surface area contributed by atoms with Crippen molar-refractivity contribution in [2.45, 2.75) is 6.04 Å². The number of hydrogen-bond donors (Lipinski definition) is 0. The lowest BCUT2D eigenvalue weighted by atomic mass is 9.90. The van der Waals surface area contributed by atoms with Crippen molar-refractivity contribution in [2.24, 2.45) is 0 Å². The molecule has 154 valence electrons. The molecule has 2 aliphatic rings. The molecule has 0 aromatic heterocycles. The second kappa shape index (κ2) is 8.42. The van der Waals surface area contributed by atoms with Gasteiger partial charge in [0.15, 0.2) is 0 Å². The minimum absolute atomic E-state index is 0.0108. The summed E-state index contributed by atoms with van der Waals surface area (Å²) < 4.78 is 16.1. The maximum absolute atomic E-state index is 13.6. The highest BCUT2D eigenvalue weighted by atomic mass is 35.5. The molecule has 1 atom stereocenters. The lowest BCUT2D eigenvalue weighted by Crippen LogP contribution is -2.41. The molecule has 8 heteroatoms. The standard InChI is InChI=1S/C22H17Cl2NO5/c1-28-16-8-6-15(7-9-16)25-20(13-2-4-14(23)5-3-13)17(12-26)19(24)18(21(25)27)22-29-10-11-30-22/h2-9,12,20H,10-11H2,1H3. The Morgan fingerprint density at radius 1 is 1.03 bits per heavy atom. The van der Waals surface area contributed by atoms with Crippen LogP contribution in [-0.2, 0) is 19.1 Å². The number of carbonyl (C=O) groups excluding carboxylic acids is 2. The van der Waals surface area contributed by atoms with E-state index in [0.717, 1.165) is 0 Å². The summed E-state index contributed by atoms with van der Waals surface area (Å²) in [6.07, 6.45) is 0.653. The van der Waals surface area contributed by atoms with E-state index in [1.807, 2.05) is 0 Å². The number of carbonyl (C=O) groups is 2. The Kier molecular flexibility index (Phi) is 5.70. The normalized spacial score (nSPS) is 19.0. The van der Waals surface area contributed by atoms with Gasteiger partial charge in [0.1, 0.15) is 30.8 Å². The first-order valence-corrected chi connectivity index (χ1v) is 9.89. The van der Waals surface area contributed by atoms with Crippen LogP contribution in [0.5, 0.6) is 5.75 Å². The molecular weight excluding hydrogens is 429 g/mol. The first-order chi connectivity index (χ1) is 14.5. The zero-order valence-corrected chi connectivity index (χ0v) is 17.4. The van der Waals surface area contributed by atoms with Crippen molar-refractivity contribution in [3.8, 4) is 5.75 Å². The maximum Gasteiger partial charge on any atom is 0.294 e. The van der Waals surface area contributed by atoms with E-state index in [1.54, 1.807) is 55.6 Å². The smallest absolute Gasteiger partial charge is 0.294 e. The van der Waals surface area contributed by atoms with E-state index in [1.165, 1.54) is 4.90 Å². The van der Waals surface area contributed by atoms with Crippen molar-refractivity contribution in [2.75, 3.05) is 25.2 Å². The average molecular weight is 446 g/mol. The molecule has 6 nitrogen and oxygen atoms in total. The Labute approximate surface area is 183 Å². The number of benzene rings is 2. The zero-order chi connectivity index (χ0) is 21.3. The molecule has 2 heterocycles. The van der Waals surface area contributed by atoms with Crippen LogP contribution in [0.15, 0.2) is 70.7 Å². The highest BCUT2D eigenvalue weighted by Gasteiger charge is 2.42. The maximum atomic E-state index is 13.6. The summed E-state index contributed by atoms with van der Waals surface area (Å²) in [5.74, 6) is 0.224. The number of nitrogens with zero attached hydrogens (tertiary/aromatic N) is 1. The monoisotopic (exact) mass is 445 g/mol. The molecule has 2 aliphatic heterocycles. The van der Waals surface area contributed by atoms with Crippen molar-refractivity contribution >= 4 is 41.1 Å². The quantitative estimate of drug-likeness (QED) is 0.515. The highest BCUT2D eigenvalue weighted by Crippen LogP contribution is 2.44. The first-order valence-electron chi connectivity index (χ1n) is 9.13. The van der Waals surface area contributed by atoms with E-state index >= 15 is 0 Å². The van der Waals surface area contributed by atoms with Gasteiger partial charge in [-0.05, 0) is 42.0 Å². The Balaban J connectivity index is 1.94. The van der Waals surface area contributed by atoms with Crippen LogP contribution in [0, 0.1) is 0 Å². The molecule has 1 fully saturated rings. The average Bonchev–Trinajstić information content (AvgIpc) is 3.29. The molecule has 4 rings (SSSR count). The van der Waals surface area contributed by atoms with Gasteiger partial charge >= 0.3 is 0 Å². The van der Waals surface area contributed by atoms with Crippen molar-refractivity contribution in [3.63, 3.8) is 0 Å². The molecule has 0 saturated carbocycles. The molecule has 0 bridgehead atoms. The molecule has 0 aliphatic carbocycles. The van der Waals surface area contributed by atoms with E-state index < -0.39 is 11.9 Å². The van der Waals surface area contributed by atoms with Crippen LogP contribution in [0.25, 0.3) is 0 Å². The molecular formula is C22H17Cl2NO5. The van der Waals surface area contributed by atoms with Crippen LogP contribution in [0.4, 0.5) is 5.69 Å². The van der Waals surface area contributed by atoms with E-state index in [4.69, 9.17) is 37.4 Å². The predicted molar refractivity (Wildman–Crippen MR) is 113 cm³/mol. The van der Waals surface area contributed by atoms with Crippen LogP contribution in [0.1, 0.15) is 11.6 Å². The van der Waals surface area contributed by atoms with Gasteiger partial charge in [-0.3, -0.25) is 14.5 Å². The summed E-state index contributed by atoms with van der Waals surface area (Å²) in [7, 11) is 1.56. The minimum atomic E-state index is -0.751. The zero-order valence-electron chi connectivity index (χ0n) is 15.9. The van der Waals surface area contributed by atoms with E-state index in [9.17, 15) is 9.59 Å². The number of aldehydes is 1. The van der Waals surface area contributed by atoms with Crippen LogP contribution >= 0.6 is 23.2 Å². The fourth-order valence-electron chi connectivity index (χ4n) is 3.47. The Morgan fingerprint density at radius 2 is 1.67 bits per heavy atom. The van der Waals surface area contributed by atoms with Crippen LogP contribution < -0.4 is 9.64 Å². The predicted octanol–water partition coefficient (Wildman–Crippen LogP) is 4.39. The summed E-state index contributed by atoms with van der Waals surface area (Å²) in [6.45, 7) is 0.603. The molecule has 0 radical (unpaired) electrons. The van der Waals surface area contributed by atoms with Gasteiger partial charge in [-0.25, -0.2) is 0 Å². The van der Waals surface area contributed by atoms with Gasteiger partial charge in [0.2, 0.25) is 0 Å². The largest absolute Gasteiger partial charge is 0.497 e. The number of hydrogen-bond acceptors (Lipinski definition) is 5. The molecule has 1 unspecified atom stereocenters. The van der Waals surface area contributed by atoms with Gasteiger partial charge in [0.05, 0.1) is 18.2 Å². The van der Waals surface area contributed by atoms with Gasteiger partial charge < -0.3 is 14.2 Å².